The number of methoxy groups -OCH3 is 1. The van der Waals surface area contributed by atoms with Crippen molar-refractivity contribution in [2.45, 2.75) is 31.0 Å². The first-order valence-corrected chi connectivity index (χ1v) is 14.2. The number of aliphatic hydroxyl groups is 1. The van der Waals surface area contributed by atoms with Crippen molar-refractivity contribution in [1.82, 2.24) is 23.7 Å². The molecule has 0 spiro atoms. The summed E-state index contributed by atoms with van der Waals surface area (Å²) in [6, 6.07) is 8.45. The highest BCUT2D eigenvalue weighted by atomic mass is 32.2. The number of hydrogen-bond donors (Lipinski definition) is 1. The Kier molecular flexibility index (Phi) is 8.78. The molecule has 1 aliphatic rings. The van der Waals surface area contributed by atoms with Crippen LogP contribution in [-0.2, 0) is 17.1 Å². The topological polar surface area (TPSA) is 127 Å². The van der Waals surface area contributed by atoms with Gasteiger partial charge in [0.1, 0.15) is 17.4 Å². The van der Waals surface area contributed by atoms with E-state index in [0.29, 0.717) is 16.9 Å². The van der Waals surface area contributed by atoms with Crippen molar-refractivity contribution in [3.8, 4) is 23.5 Å². The van der Waals surface area contributed by atoms with Crippen molar-refractivity contribution < 1.29 is 27.8 Å². The van der Waals surface area contributed by atoms with E-state index in [-0.39, 0.29) is 48.0 Å². The Morgan fingerprint density at radius 3 is 2.70 bits per heavy atom. The molecule has 0 aliphatic carbocycles. The first-order valence-electron chi connectivity index (χ1n) is 12.7. The molecule has 3 atom stereocenters. The first kappa shape index (κ1) is 29.1. The molecular weight excluding hydrogens is 534 g/mol. The molecule has 4 rings (SSSR count). The summed E-state index contributed by atoms with van der Waals surface area (Å²) < 4.78 is 40.6. The molecule has 0 radical (unpaired) electrons. The minimum atomic E-state index is -3.88. The van der Waals surface area contributed by atoms with Gasteiger partial charge in [0.25, 0.3) is 15.9 Å². The summed E-state index contributed by atoms with van der Waals surface area (Å²) in [5.74, 6) is 6.12. The summed E-state index contributed by atoms with van der Waals surface area (Å²) >= 11 is 0. The quantitative estimate of drug-likeness (QED) is 0.428. The van der Waals surface area contributed by atoms with Crippen LogP contribution in [-0.4, -0.2) is 89.2 Å². The number of likely N-dealkylation sites (N-methyl/N-ethyl adjacent to an activating group) is 1. The second-order valence-corrected chi connectivity index (χ2v) is 11.8. The van der Waals surface area contributed by atoms with Gasteiger partial charge in [-0.25, -0.2) is 18.4 Å². The molecule has 0 unspecified atom stereocenters. The van der Waals surface area contributed by atoms with Crippen molar-refractivity contribution in [2.75, 3.05) is 33.9 Å². The number of aliphatic hydroxyl groups excluding tert-OH is 1. The number of fused-ring (bicyclic) bond motifs is 1. The Hall–Kier alpha value is -3.92. The van der Waals surface area contributed by atoms with Crippen molar-refractivity contribution in [2.24, 2.45) is 13.0 Å². The van der Waals surface area contributed by atoms with Gasteiger partial charge in [-0.05, 0) is 25.1 Å². The number of carbonyl (C=O) groups excluding carboxylic acids is 1. The van der Waals surface area contributed by atoms with Crippen LogP contribution in [0.1, 0.15) is 35.3 Å². The zero-order chi connectivity index (χ0) is 29.0. The van der Waals surface area contributed by atoms with Crippen molar-refractivity contribution in [1.29, 1.82) is 0 Å². The fraction of sp³-hybridized carbons (Fsp3) is 0.393. The highest BCUT2D eigenvalue weighted by Gasteiger charge is 2.36. The normalized spacial score (nSPS) is 18.2. The molecule has 1 aromatic carbocycles. The SMILES string of the molecule is COc1ccccc1C#Cc1cnc2c(c1)C(=O)N([C@H](C)CO)C[C@@H](C)[C@@H](CN(C)S(=O)(=O)c1cn(C)cn1)O2. The molecule has 3 heterocycles. The molecular formula is C28H33N5O6S. The monoisotopic (exact) mass is 567 g/mol. The summed E-state index contributed by atoms with van der Waals surface area (Å²) in [5, 5.41) is 9.82. The number of aryl methyl sites for hydroxylation is 1. The van der Waals surface area contributed by atoms with Crippen LogP contribution < -0.4 is 9.47 Å². The number of benzene rings is 1. The van der Waals surface area contributed by atoms with Crippen LogP contribution in [0.4, 0.5) is 0 Å². The molecule has 3 aromatic rings. The molecule has 0 saturated carbocycles. The lowest BCUT2D eigenvalue weighted by molar-refractivity contribution is 0.0373. The molecule has 12 heteroatoms. The minimum absolute atomic E-state index is 0.00785. The lowest BCUT2D eigenvalue weighted by Gasteiger charge is -2.37. The Labute approximate surface area is 234 Å². The molecule has 0 fully saturated rings. The van der Waals surface area contributed by atoms with Crippen LogP contribution in [0.3, 0.4) is 0 Å². The maximum Gasteiger partial charge on any atom is 0.261 e. The number of nitrogens with zero attached hydrogens (tertiary/aromatic N) is 5. The second kappa shape index (κ2) is 12.1. The van der Waals surface area contributed by atoms with Gasteiger partial charge in [0, 0.05) is 44.5 Å². The number of ether oxygens (including phenoxy) is 2. The van der Waals surface area contributed by atoms with Gasteiger partial charge in [-0.1, -0.05) is 30.9 Å². The average molecular weight is 568 g/mol. The zero-order valence-corrected chi connectivity index (χ0v) is 23.9. The fourth-order valence-corrected chi connectivity index (χ4v) is 5.45. The van der Waals surface area contributed by atoms with Gasteiger partial charge in [-0.15, -0.1) is 0 Å². The fourth-order valence-electron chi connectivity index (χ4n) is 4.31. The van der Waals surface area contributed by atoms with Crippen LogP contribution >= 0.6 is 0 Å². The Bertz CT molecular complexity index is 1540. The number of amides is 1. The lowest BCUT2D eigenvalue weighted by Crippen LogP contribution is -2.50. The zero-order valence-electron chi connectivity index (χ0n) is 23.1. The Morgan fingerprint density at radius 1 is 1.27 bits per heavy atom. The minimum Gasteiger partial charge on any atom is -0.495 e. The predicted molar refractivity (Wildman–Crippen MR) is 147 cm³/mol. The molecule has 0 bridgehead atoms. The molecule has 11 nitrogen and oxygen atoms in total. The summed E-state index contributed by atoms with van der Waals surface area (Å²) in [6.45, 7) is 3.60. The molecule has 40 heavy (non-hydrogen) atoms. The van der Waals surface area contributed by atoms with Crippen molar-refractivity contribution >= 4 is 15.9 Å². The van der Waals surface area contributed by atoms with Crippen LogP contribution in [0.5, 0.6) is 11.6 Å². The van der Waals surface area contributed by atoms with E-state index in [0.717, 1.165) is 0 Å². The van der Waals surface area contributed by atoms with Gasteiger partial charge in [0.2, 0.25) is 5.88 Å². The third kappa shape index (κ3) is 6.12. The maximum absolute atomic E-state index is 13.6. The summed E-state index contributed by atoms with van der Waals surface area (Å²) in [6.07, 6.45) is 3.71. The van der Waals surface area contributed by atoms with Crippen LogP contribution in [0, 0.1) is 17.8 Å². The van der Waals surface area contributed by atoms with Gasteiger partial charge < -0.3 is 24.0 Å². The summed E-state index contributed by atoms with van der Waals surface area (Å²) in [4.78, 5) is 23.6. The lowest BCUT2D eigenvalue weighted by atomic mass is 10.0. The Morgan fingerprint density at radius 2 is 2.02 bits per heavy atom. The highest BCUT2D eigenvalue weighted by Crippen LogP contribution is 2.28. The number of aromatic nitrogens is 3. The van der Waals surface area contributed by atoms with Crippen molar-refractivity contribution in [3.63, 3.8) is 0 Å². The van der Waals surface area contributed by atoms with Crippen LogP contribution in [0.15, 0.2) is 54.1 Å². The van der Waals surface area contributed by atoms with E-state index in [1.165, 1.54) is 30.1 Å². The Balaban J connectivity index is 1.69. The second-order valence-electron chi connectivity index (χ2n) is 9.81. The molecule has 1 aliphatic heterocycles. The largest absolute Gasteiger partial charge is 0.495 e. The third-order valence-corrected chi connectivity index (χ3v) is 8.47. The first-order chi connectivity index (χ1) is 19.0. The molecule has 1 N–H and O–H groups in total. The van der Waals surface area contributed by atoms with E-state index in [9.17, 15) is 18.3 Å². The number of carbonyl (C=O) groups is 1. The third-order valence-electron chi connectivity index (χ3n) is 6.76. The predicted octanol–water partition coefficient (Wildman–Crippen LogP) is 1.76. The standard InChI is InChI=1S/C28H33N5O6S/c1-19-14-33(20(2)17-34)28(35)23-12-21(10-11-22-8-6-7-9-24(22)38-5)13-29-27(23)39-25(19)15-32(4)40(36,37)26-16-31(3)18-30-26/h6-9,12-13,16,18-20,25,34H,14-15,17H2,1-5H3/t19-,20-,25-/m1/s1. The van der Waals surface area contributed by atoms with Crippen LogP contribution in [0.2, 0.25) is 0 Å². The van der Waals surface area contributed by atoms with Crippen LogP contribution in [0.25, 0.3) is 0 Å². The van der Waals surface area contributed by atoms with Gasteiger partial charge in [-0.3, -0.25) is 4.79 Å². The number of imidazole rings is 1. The van der Waals surface area contributed by atoms with E-state index >= 15 is 0 Å². The number of para-hydroxylation sites is 1. The average Bonchev–Trinajstić information content (AvgIpc) is 3.40. The van der Waals surface area contributed by atoms with E-state index in [4.69, 9.17) is 9.47 Å². The number of sulfonamides is 1. The number of hydrogen-bond acceptors (Lipinski definition) is 8. The van der Waals surface area contributed by atoms with Crippen molar-refractivity contribution in [3.05, 3.63) is 65.7 Å². The summed E-state index contributed by atoms with van der Waals surface area (Å²) in [5.41, 5.74) is 1.35. The molecule has 212 valence electrons. The van der Waals surface area contributed by atoms with E-state index < -0.39 is 22.2 Å². The molecule has 1 amide bonds. The van der Waals surface area contributed by atoms with E-state index in [2.05, 4.69) is 21.8 Å². The number of rotatable bonds is 7. The number of pyridine rings is 1. The van der Waals surface area contributed by atoms with Gasteiger partial charge >= 0.3 is 0 Å². The summed E-state index contributed by atoms with van der Waals surface area (Å²) in [7, 11) is 0.841. The highest BCUT2D eigenvalue weighted by molar-refractivity contribution is 7.89. The smallest absolute Gasteiger partial charge is 0.261 e. The van der Waals surface area contributed by atoms with E-state index in [1.807, 2.05) is 25.1 Å². The van der Waals surface area contributed by atoms with Gasteiger partial charge in [0.05, 0.1) is 38.2 Å². The molecule has 0 saturated heterocycles. The molecule has 2 aromatic heterocycles. The van der Waals surface area contributed by atoms with Gasteiger partial charge in [0.15, 0.2) is 5.03 Å². The van der Waals surface area contributed by atoms with Gasteiger partial charge in [-0.2, -0.15) is 4.31 Å². The van der Waals surface area contributed by atoms with E-state index in [1.54, 1.807) is 42.7 Å². The maximum atomic E-state index is 13.6.